The number of aromatic nitrogens is 1. The zero-order valence-corrected chi connectivity index (χ0v) is 17.1. The highest BCUT2D eigenvalue weighted by Gasteiger charge is 2.14. The van der Waals surface area contributed by atoms with Gasteiger partial charge in [-0.25, -0.2) is 0 Å². The lowest BCUT2D eigenvalue weighted by Crippen LogP contribution is -2.37. The summed E-state index contributed by atoms with van der Waals surface area (Å²) in [6, 6.07) is 14.8. The molecule has 0 aliphatic rings. The van der Waals surface area contributed by atoms with Crippen LogP contribution in [0, 0.1) is 0 Å². The molecule has 3 rings (SSSR count). The van der Waals surface area contributed by atoms with E-state index in [2.05, 4.69) is 10.3 Å². The molecule has 29 heavy (non-hydrogen) atoms. The molecule has 0 aliphatic carbocycles. The predicted molar refractivity (Wildman–Crippen MR) is 118 cm³/mol. The third kappa shape index (κ3) is 4.85. The third-order valence-corrected chi connectivity index (χ3v) is 4.83. The van der Waals surface area contributed by atoms with E-state index in [4.69, 9.17) is 21.7 Å². The molecular weight excluding hydrogens is 390 g/mol. The molecule has 0 fully saturated rings. The fourth-order valence-corrected chi connectivity index (χ4v) is 3.27. The van der Waals surface area contributed by atoms with Crippen LogP contribution in [0.25, 0.3) is 10.9 Å². The van der Waals surface area contributed by atoms with Crippen LogP contribution in [0.15, 0.2) is 53.3 Å². The van der Waals surface area contributed by atoms with Crippen molar-refractivity contribution in [3.8, 4) is 11.5 Å². The topological polar surface area (TPSA) is 86.8 Å². The van der Waals surface area contributed by atoms with Gasteiger partial charge >= 0.3 is 0 Å². The molecule has 3 aromatic rings. The minimum Gasteiger partial charge on any atom is -0.493 e. The van der Waals surface area contributed by atoms with Gasteiger partial charge in [-0.2, -0.15) is 0 Å². The van der Waals surface area contributed by atoms with Crippen LogP contribution >= 0.6 is 12.2 Å². The Labute approximate surface area is 173 Å². The number of benzene rings is 2. The van der Waals surface area contributed by atoms with Crippen molar-refractivity contribution < 1.29 is 14.6 Å². The number of hydrogen-bond donors (Lipinski definition) is 3. The number of methoxy groups -OCH3 is 2. The maximum Gasteiger partial charge on any atom is 0.253 e. The van der Waals surface area contributed by atoms with Crippen LogP contribution in [0.5, 0.6) is 11.5 Å². The molecule has 0 amide bonds. The maximum absolute atomic E-state index is 12.6. The third-order valence-electron chi connectivity index (χ3n) is 4.47. The van der Waals surface area contributed by atoms with E-state index in [1.54, 1.807) is 31.3 Å². The summed E-state index contributed by atoms with van der Waals surface area (Å²) >= 11 is 5.49. The number of aromatic amines is 1. The minimum atomic E-state index is -0.227. The Morgan fingerprint density at radius 1 is 1.14 bits per heavy atom. The van der Waals surface area contributed by atoms with E-state index < -0.39 is 0 Å². The van der Waals surface area contributed by atoms with E-state index in [0.717, 1.165) is 11.1 Å². The van der Waals surface area contributed by atoms with Gasteiger partial charge in [0.1, 0.15) is 0 Å². The SMILES string of the molecule is COc1cc2cc(CN(CCO)C(=S)Nc3ccccc3)c(=O)[nH]c2cc1OC. The van der Waals surface area contributed by atoms with E-state index in [0.29, 0.717) is 34.2 Å². The van der Waals surface area contributed by atoms with Gasteiger partial charge in [0.15, 0.2) is 16.6 Å². The maximum atomic E-state index is 12.6. The summed E-state index contributed by atoms with van der Waals surface area (Å²) in [7, 11) is 3.11. The molecule has 0 saturated heterocycles. The first-order valence-corrected chi connectivity index (χ1v) is 9.46. The van der Waals surface area contributed by atoms with Gasteiger partial charge in [0.05, 0.1) is 32.9 Å². The quantitative estimate of drug-likeness (QED) is 0.514. The van der Waals surface area contributed by atoms with Gasteiger partial charge in [0.2, 0.25) is 0 Å². The van der Waals surface area contributed by atoms with Gasteiger partial charge < -0.3 is 29.8 Å². The number of aliphatic hydroxyl groups is 1. The number of nitrogens with zero attached hydrogens (tertiary/aromatic N) is 1. The van der Waals surface area contributed by atoms with E-state index in [1.807, 2.05) is 36.4 Å². The highest BCUT2D eigenvalue weighted by Crippen LogP contribution is 2.31. The zero-order chi connectivity index (χ0) is 20.8. The smallest absolute Gasteiger partial charge is 0.253 e. The molecule has 152 valence electrons. The average molecular weight is 413 g/mol. The van der Waals surface area contributed by atoms with Crippen molar-refractivity contribution in [2.45, 2.75) is 6.54 Å². The summed E-state index contributed by atoms with van der Waals surface area (Å²) in [4.78, 5) is 17.3. The van der Waals surface area contributed by atoms with Crippen LogP contribution in [0.3, 0.4) is 0 Å². The lowest BCUT2D eigenvalue weighted by Gasteiger charge is -2.25. The van der Waals surface area contributed by atoms with Crippen molar-refractivity contribution in [1.29, 1.82) is 0 Å². The van der Waals surface area contributed by atoms with Crippen LogP contribution in [0.4, 0.5) is 5.69 Å². The Hall–Kier alpha value is -3.10. The van der Waals surface area contributed by atoms with Crippen LogP contribution in [0.1, 0.15) is 5.56 Å². The Kier molecular flexibility index (Phi) is 6.69. The number of thiocarbonyl (C=S) groups is 1. The van der Waals surface area contributed by atoms with Crippen molar-refractivity contribution in [3.63, 3.8) is 0 Å². The number of fused-ring (bicyclic) bond motifs is 1. The average Bonchev–Trinajstić information content (AvgIpc) is 2.73. The molecule has 3 N–H and O–H groups in total. The molecule has 7 nitrogen and oxygen atoms in total. The molecule has 0 bridgehead atoms. The van der Waals surface area contributed by atoms with Gasteiger partial charge in [-0.05, 0) is 36.5 Å². The molecule has 0 aliphatic heterocycles. The first-order chi connectivity index (χ1) is 14.0. The van der Waals surface area contributed by atoms with E-state index in [-0.39, 0.29) is 18.7 Å². The van der Waals surface area contributed by atoms with Gasteiger partial charge in [0, 0.05) is 29.2 Å². The molecule has 8 heteroatoms. The molecule has 1 heterocycles. The molecule has 0 spiro atoms. The normalized spacial score (nSPS) is 10.6. The van der Waals surface area contributed by atoms with Gasteiger partial charge in [-0.3, -0.25) is 4.79 Å². The second kappa shape index (κ2) is 9.40. The first kappa shape index (κ1) is 20.6. The number of para-hydroxylation sites is 1. The van der Waals surface area contributed by atoms with Crippen LogP contribution in [0.2, 0.25) is 0 Å². The molecule has 0 atom stereocenters. The lowest BCUT2D eigenvalue weighted by atomic mass is 10.1. The van der Waals surface area contributed by atoms with Crippen LogP contribution in [-0.2, 0) is 6.54 Å². The summed E-state index contributed by atoms with van der Waals surface area (Å²) in [5.74, 6) is 1.12. The van der Waals surface area contributed by atoms with E-state index in [1.165, 1.54) is 0 Å². The van der Waals surface area contributed by atoms with Crippen LogP contribution < -0.4 is 20.3 Å². The minimum absolute atomic E-state index is 0.0902. The standard InChI is InChI=1S/C21H23N3O4S/c1-27-18-11-14-10-15(20(26)23-17(14)12-19(18)28-2)13-24(8-9-25)21(29)22-16-6-4-3-5-7-16/h3-7,10-12,25H,8-9,13H2,1-2H3,(H,22,29)(H,23,26). The van der Waals surface area contributed by atoms with Crippen LogP contribution in [-0.4, -0.2) is 47.5 Å². The zero-order valence-electron chi connectivity index (χ0n) is 16.3. The predicted octanol–water partition coefficient (Wildman–Crippen LogP) is 2.74. The summed E-state index contributed by atoms with van der Waals surface area (Å²) in [5.41, 5.74) is 1.78. The lowest BCUT2D eigenvalue weighted by molar-refractivity contribution is 0.248. The molecule has 0 unspecified atom stereocenters. The number of pyridine rings is 1. The summed E-state index contributed by atoms with van der Waals surface area (Å²) in [5, 5.41) is 13.8. The number of hydrogen-bond acceptors (Lipinski definition) is 5. The van der Waals surface area contributed by atoms with Crippen molar-refractivity contribution >= 4 is 33.9 Å². The number of ether oxygens (including phenoxy) is 2. The number of H-pyrrole nitrogens is 1. The summed E-state index contributed by atoms with van der Waals surface area (Å²) < 4.78 is 10.6. The number of nitrogens with one attached hydrogen (secondary N) is 2. The fraction of sp³-hybridized carbons (Fsp3) is 0.238. The Balaban J connectivity index is 1.89. The number of anilines is 1. The molecular formula is C21H23N3O4S. The number of rotatable bonds is 7. The second-order valence-electron chi connectivity index (χ2n) is 6.36. The number of aliphatic hydroxyl groups excluding tert-OH is 1. The Morgan fingerprint density at radius 3 is 2.48 bits per heavy atom. The largest absolute Gasteiger partial charge is 0.493 e. The summed E-state index contributed by atoms with van der Waals surface area (Å²) in [6.07, 6.45) is 0. The van der Waals surface area contributed by atoms with E-state index in [9.17, 15) is 9.90 Å². The monoisotopic (exact) mass is 413 g/mol. The van der Waals surface area contributed by atoms with Gasteiger partial charge in [-0.1, -0.05) is 18.2 Å². The van der Waals surface area contributed by atoms with Crippen molar-refractivity contribution in [2.75, 3.05) is 32.7 Å². The van der Waals surface area contributed by atoms with E-state index >= 15 is 0 Å². The highest BCUT2D eigenvalue weighted by molar-refractivity contribution is 7.80. The van der Waals surface area contributed by atoms with Gasteiger partial charge in [0.25, 0.3) is 5.56 Å². The highest BCUT2D eigenvalue weighted by atomic mass is 32.1. The molecule has 1 aromatic heterocycles. The molecule has 2 aromatic carbocycles. The molecule has 0 saturated carbocycles. The molecule has 0 radical (unpaired) electrons. The fourth-order valence-electron chi connectivity index (χ4n) is 3.00. The Bertz CT molecular complexity index is 1050. The first-order valence-electron chi connectivity index (χ1n) is 9.05. The van der Waals surface area contributed by atoms with Crippen molar-refractivity contribution in [3.05, 3.63) is 64.4 Å². The van der Waals surface area contributed by atoms with Crippen molar-refractivity contribution in [1.82, 2.24) is 9.88 Å². The van der Waals surface area contributed by atoms with Crippen molar-refractivity contribution in [2.24, 2.45) is 0 Å². The summed E-state index contributed by atoms with van der Waals surface area (Å²) in [6.45, 7) is 0.452. The second-order valence-corrected chi connectivity index (χ2v) is 6.75. The Morgan fingerprint density at radius 2 is 1.83 bits per heavy atom. The van der Waals surface area contributed by atoms with Gasteiger partial charge in [-0.15, -0.1) is 0 Å².